The summed E-state index contributed by atoms with van der Waals surface area (Å²) in [4.78, 5) is 35.2. The summed E-state index contributed by atoms with van der Waals surface area (Å²) >= 11 is 0. The molecule has 0 radical (unpaired) electrons. The van der Waals surface area contributed by atoms with E-state index in [0.29, 0.717) is 37.8 Å². The Labute approximate surface area is 153 Å². The van der Waals surface area contributed by atoms with Gasteiger partial charge in [0.05, 0.1) is 0 Å². The number of carbonyl (C=O) groups is 2. The molecule has 26 heavy (non-hydrogen) atoms. The molecule has 1 aromatic heterocycles. The number of aryl methyl sites for hydroxylation is 1. The molecule has 0 saturated carbocycles. The third-order valence-electron chi connectivity index (χ3n) is 4.39. The standard InChI is InChI=1S/C19H23N5O2/c25-15-23-11-13-24(14-12-23)18(26)17-8-10-21-19(22-17)20-9-4-7-16-5-2-1-3-6-16/h1-3,5-6,8,10,15H,4,7,9,11-14H2,(H,20,21,22). The second-order valence-corrected chi connectivity index (χ2v) is 6.21. The first-order valence-corrected chi connectivity index (χ1v) is 8.86. The van der Waals surface area contributed by atoms with Crippen LogP contribution in [0.1, 0.15) is 22.5 Å². The van der Waals surface area contributed by atoms with Crippen molar-refractivity contribution in [1.29, 1.82) is 0 Å². The van der Waals surface area contributed by atoms with Crippen LogP contribution in [0.3, 0.4) is 0 Å². The number of nitrogens with zero attached hydrogens (tertiary/aromatic N) is 4. The van der Waals surface area contributed by atoms with Crippen molar-refractivity contribution in [2.45, 2.75) is 12.8 Å². The van der Waals surface area contributed by atoms with E-state index in [-0.39, 0.29) is 5.91 Å². The van der Waals surface area contributed by atoms with E-state index in [2.05, 4.69) is 27.4 Å². The number of rotatable bonds is 7. The van der Waals surface area contributed by atoms with E-state index in [1.54, 1.807) is 22.1 Å². The van der Waals surface area contributed by atoms with Crippen molar-refractivity contribution in [2.75, 3.05) is 38.0 Å². The molecule has 2 heterocycles. The number of amides is 2. The predicted molar refractivity (Wildman–Crippen MR) is 98.8 cm³/mol. The summed E-state index contributed by atoms with van der Waals surface area (Å²) in [6, 6.07) is 11.9. The molecule has 0 aliphatic carbocycles. The van der Waals surface area contributed by atoms with E-state index in [4.69, 9.17) is 0 Å². The van der Waals surface area contributed by atoms with Gasteiger partial charge in [0.1, 0.15) is 5.69 Å². The Morgan fingerprint density at radius 2 is 1.88 bits per heavy atom. The van der Waals surface area contributed by atoms with Gasteiger partial charge in [0.2, 0.25) is 12.4 Å². The fraction of sp³-hybridized carbons (Fsp3) is 0.368. The topological polar surface area (TPSA) is 78.4 Å². The van der Waals surface area contributed by atoms with E-state index in [0.717, 1.165) is 25.8 Å². The van der Waals surface area contributed by atoms with E-state index in [1.807, 2.05) is 18.2 Å². The highest BCUT2D eigenvalue weighted by atomic mass is 16.2. The van der Waals surface area contributed by atoms with Gasteiger partial charge in [-0.25, -0.2) is 9.97 Å². The van der Waals surface area contributed by atoms with Gasteiger partial charge in [0, 0.05) is 38.9 Å². The highest BCUT2D eigenvalue weighted by molar-refractivity contribution is 5.92. The van der Waals surface area contributed by atoms with E-state index >= 15 is 0 Å². The summed E-state index contributed by atoms with van der Waals surface area (Å²) in [7, 11) is 0. The molecule has 3 rings (SSSR count). The maximum absolute atomic E-state index is 12.6. The average molecular weight is 353 g/mol. The maximum atomic E-state index is 12.6. The molecule has 1 aromatic carbocycles. The Morgan fingerprint density at radius 3 is 2.62 bits per heavy atom. The molecule has 136 valence electrons. The first kappa shape index (κ1) is 17.8. The highest BCUT2D eigenvalue weighted by Gasteiger charge is 2.22. The zero-order valence-corrected chi connectivity index (χ0v) is 14.7. The number of hydrogen-bond donors (Lipinski definition) is 1. The minimum Gasteiger partial charge on any atom is -0.354 e. The summed E-state index contributed by atoms with van der Waals surface area (Å²) in [5.41, 5.74) is 1.68. The van der Waals surface area contributed by atoms with Crippen molar-refractivity contribution in [2.24, 2.45) is 0 Å². The molecular formula is C19H23N5O2. The minimum absolute atomic E-state index is 0.120. The Bertz CT molecular complexity index is 730. The van der Waals surface area contributed by atoms with E-state index in [1.165, 1.54) is 5.56 Å². The minimum atomic E-state index is -0.120. The predicted octanol–water partition coefficient (Wildman–Crippen LogP) is 1.44. The van der Waals surface area contributed by atoms with Crippen LogP contribution in [-0.4, -0.2) is 64.8 Å². The number of nitrogens with one attached hydrogen (secondary N) is 1. The lowest BCUT2D eigenvalue weighted by Crippen LogP contribution is -2.48. The van der Waals surface area contributed by atoms with Crippen molar-refractivity contribution < 1.29 is 9.59 Å². The molecule has 2 amide bonds. The van der Waals surface area contributed by atoms with Gasteiger partial charge in [0.25, 0.3) is 5.91 Å². The smallest absolute Gasteiger partial charge is 0.272 e. The van der Waals surface area contributed by atoms with Gasteiger partial charge in [-0.3, -0.25) is 9.59 Å². The summed E-state index contributed by atoms with van der Waals surface area (Å²) in [5.74, 6) is 0.348. The molecule has 0 atom stereocenters. The van der Waals surface area contributed by atoms with Crippen molar-refractivity contribution in [3.05, 3.63) is 53.9 Å². The largest absolute Gasteiger partial charge is 0.354 e. The third-order valence-corrected chi connectivity index (χ3v) is 4.39. The lowest BCUT2D eigenvalue weighted by Gasteiger charge is -2.32. The number of hydrogen-bond acceptors (Lipinski definition) is 5. The SMILES string of the molecule is O=CN1CCN(C(=O)c2ccnc(NCCCc3ccccc3)n2)CC1. The molecule has 0 unspecified atom stereocenters. The van der Waals surface area contributed by atoms with Gasteiger partial charge in [-0.1, -0.05) is 30.3 Å². The molecule has 1 aliphatic heterocycles. The molecule has 1 aliphatic rings. The van der Waals surface area contributed by atoms with Crippen LogP contribution in [0.25, 0.3) is 0 Å². The van der Waals surface area contributed by atoms with E-state index < -0.39 is 0 Å². The molecule has 0 bridgehead atoms. The van der Waals surface area contributed by atoms with Gasteiger partial charge in [-0.05, 0) is 24.5 Å². The molecule has 7 nitrogen and oxygen atoms in total. The van der Waals surface area contributed by atoms with Crippen LogP contribution in [0.2, 0.25) is 0 Å². The second kappa shape index (κ2) is 8.94. The van der Waals surface area contributed by atoms with Crippen LogP contribution in [-0.2, 0) is 11.2 Å². The van der Waals surface area contributed by atoms with E-state index in [9.17, 15) is 9.59 Å². The van der Waals surface area contributed by atoms with Gasteiger partial charge in [-0.15, -0.1) is 0 Å². The summed E-state index contributed by atoms with van der Waals surface area (Å²) in [6.07, 6.45) is 4.36. The first-order chi connectivity index (χ1) is 12.8. The molecule has 1 saturated heterocycles. The number of benzene rings is 1. The van der Waals surface area contributed by atoms with Crippen LogP contribution < -0.4 is 5.32 Å². The maximum Gasteiger partial charge on any atom is 0.272 e. The van der Waals surface area contributed by atoms with Crippen molar-refractivity contribution in [3.8, 4) is 0 Å². The Morgan fingerprint density at radius 1 is 1.12 bits per heavy atom. The van der Waals surface area contributed by atoms with Crippen LogP contribution in [0.15, 0.2) is 42.6 Å². The van der Waals surface area contributed by atoms with Crippen molar-refractivity contribution in [1.82, 2.24) is 19.8 Å². The Balaban J connectivity index is 1.49. The summed E-state index contributed by atoms with van der Waals surface area (Å²) < 4.78 is 0. The molecule has 2 aromatic rings. The van der Waals surface area contributed by atoms with Crippen LogP contribution >= 0.6 is 0 Å². The fourth-order valence-electron chi connectivity index (χ4n) is 2.89. The zero-order valence-electron chi connectivity index (χ0n) is 14.7. The normalized spacial score (nSPS) is 14.2. The fourth-order valence-corrected chi connectivity index (χ4v) is 2.89. The van der Waals surface area contributed by atoms with Gasteiger partial charge in [0.15, 0.2) is 0 Å². The first-order valence-electron chi connectivity index (χ1n) is 8.86. The molecular weight excluding hydrogens is 330 g/mol. The average Bonchev–Trinajstić information content (AvgIpc) is 2.72. The number of piperazine rings is 1. The second-order valence-electron chi connectivity index (χ2n) is 6.21. The highest BCUT2D eigenvalue weighted by Crippen LogP contribution is 2.08. The van der Waals surface area contributed by atoms with Crippen LogP contribution in [0.4, 0.5) is 5.95 Å². The zero-order chi connectivity index (χ0) is 18.2. The lowest BCUT2D eigenvalue weighted by atomic mass is 10.1. The lowest BCUT2D eigenvalue weighted by molar-refractivity contribution is -0.119. The molecule has 1 N–H and O–H groups in total. The van der Waals surface area contributed by atoms with Crippen molar-refractivity contribution >= 4 is 18.3 Å². The Kier molecular flexibility index (Phi) is 6.14. The summed E-state index contributed by atoms with van der Waals surface area (Å²) in [6.45, 7) is 2.92. The van der Waals surface area contributed by atoms with Crippen molar-refractivity contribution in [3.63, 3.8) is 0 Å². The number of carbonyl (C=O) groups excluding carboxylic acids is 2. The monoisotopic (exact) mass is 353 g/mol. The Hall–Kier alpha value is -2.96. The van der Waals surface area contributed by atoms with Gasteiger partial charge in [-0.2, -0.15) is 0 Å². The van der Waals surface area contributed by atoms with Crippen LogP contribution in [0.5, 0.6) is 0 Å². The molecule has 1 fully saturated rings. The van der Waals surface area contributed by atoms with Gasteiger partial charge >= 0.3 is 0 Å². The van der Waals surface area contributed by atoms with Crippen LogP contribution in [0, 0.1) is 0 Å². The number of aromatic nitrogens is 2. The molecule has 0 spiro atoms. The quantitative estimate of drug-likeness (QED) is 0.602. The number of anilines is 1. The molecule has 7 heteroatoms. The third kappa shape index (κ3) is 4.78. The summed E-state index contributed by atoms with van der Waals surface area (Å²) in [5, 5.41) is 3.18. The van der Waals surface area contributed by atoms with Gasteiger partial charge < -0.3 is 15.1 Å².